The zero-order valence-corrected chi connectivity index (χ0v) is 22.0. The van der Waals surface area contributed by atoms with Gasteiger partial charge in [-0.1, -0.05) is 67.3 Å². The molecule has 0 spiro atoms. The smallest absolute Gasteiger partial charge is 0.244 e. The van der Waals surface area contributed by atoms with Gasteiger partial charge < -0.3 is 10.2 Å². The van der Waals surface area contributed by atoms with Gasteiger partial charge in [-0.15, -0.1) is 0 Å². The molecule has 1 saturated carbocycles. The number of hydrogen-bond acceptors (Lipinski definition) is 4. The summed E-state index contributed by atoms with van der Waals surface area (Å²) in [5, 5.41) is 3.11. The van der Waals surface area contributed by atoms with Gasteiger partial charge in [-0.3, -0.25) is 13.9 Å². The zero-order chi connectivity index (χ0) is 25.6. The topological polar surface area (TPSA) is 86.8 Å². The van der Waals surface area contributed by atoms with Crippen LogP contribution in [0.15, 0.2) is 48.5 Å². The minimum Gasteiger partial charge on any atom is -0.352 e. The molecule has 35 heavy (non-hydrogen) atoms. The highest BCUT2D eigenvalue weighted by Gasteiger charge is 2.31. The van der Waals surface area contributed by atoms with Crippen molar-refractivity contribution in [2.75, 3.05) is 17.1 Å². The third-order valence-corrected chi connectivity index (χ3v) is 7.78. The molecule has 2 aromatic carbocycles. The molecule has 7 nitrogen and oxygen atoms in total. The van der Waals surface area contributed by atoms with E-state index in [0.717, 1.165) is 52.9 Å². The highest BCUT2D eigenvalue weighted by Crippen LogP contribution is 2.23. The van der Waals surface area contributed by atoms with Crippen molar-refractivity contribution in [1.29, 1.82) is 0 Å². The molecule has 0 aromatic heterocycles. The summed E-state index contributed by atoms with van der Waals surface area (Å²) in [5.41, 5.74) is 3.18. The Hall–Kier alpha value is -2.87. The summed E-state index contributed by atoms with van der Waals surface area (Å²) in [6.07, 6.45) is 6.34. The lowest BCUT2D eigenvalue weighted by Gasteiger charge is -2.33. The first-order valence-corrected chi connectivity index (χ1v) is 14.1. The number of amides is 2. The van der Waals surface area contributed by atoms with Crippen molar-refractivity contribution in [3.05, 3.63) is 65.2 Å². The number of benzene rings is 2. The van der Waals surface area contributed by atoms with E-state index < -0.39 is 22.0 Å². The summed E-state index contributed by atoms with van der Waals surface area (Å²) < 4.78 is 26.5. The van der Waals surface area contributed by atoms with E-state index in [1.54, 1.807) is 19.1 Å². The summed E-state index contributed by atoms with van der Waals surface area (Å²) >= 11 is 0. The number of hydrogen-bond donors (Lipinski definition) is 1. The third-order valence-electron chi connectivity index (χ3n) is 6.66. The molecule has 0 radical (unpaired) electrons. The van der Waals surface area contributed by atoms with E-state index in [2.05, 4.69) is 5.32 Å². The van der Waals surface area contributed by atoms with Crippen LogP contribution in [0, 0.1) is 13.8 Å². The fourth-order valence-electron chi connectivity index (χ4n) is 4.48. The molecule has 1 aliphatic carbocycles. The molecule has 0 heterocycles. The Bertz CT molecular complexity index is 1130. The molecule has 190 valence electrons. The minimum absolute atomic E-state index is 0.120. The van der Waals surface area contributed by atoms with Gasteiger partial charge in [0, 0.05) is 12.6 Å². The van der Waals surface area contributed by atoms with Crippen LogP contribution in [-0.2, 0) is 26.2 Å². The summed E-state index contributed by atoms with van der Waals surface area (Å²) in [5.74, 6) is -0.635. The molecule has 0 bridgehead atoms. The van der Waals surface area contributed by atoms with E-state index in [9.17, 15) is 18.0 Å². The number of nitrogens with one attached hydrogen (secondary N) is 1. The van der Waals surface area contributed by atoms with E-state index in [-0.39, 0.29) is 25.0 Å². The summed E-state index contributed by atoms with van der Waals surface area (Å²) in [6.45, 7) is 5.34. The van der Waals surface area contributed by atoms with Gasteiger partial charge in [0.1, 0.15) is 12.6 Å². The number of aryl methyl sites for hydroxylation is 2. The lowest BCUT2D eigenvalue weighted by Crippen LogP contribution is -2.53. The zero-order valence-electron chi connectivity index (χ0n) is 21.2. The molecule has 2 aromatic rings. The molecular formula is C27H37N3O4S. The van der Waals surface area contributed by atoms with E-state index in [1.807, 2.05) is 50.2 Å². The average molecular weight is 500 g/mol. The predicted octanol–water partition coefficient (Wildman–Crippen LogP) is 3.94. The van der Waals surface area contributed by atoms with Crippen molar-refractivity contribution in [3.8, 4) is 0 Å². The molecule has 1 fully saturated rings. The van der Waals surface area contributed by atoms with E-state index in [4.69, 9.17) is 0 Å². The van der Waals surface area contributed by atoms with Crippen LogP contribution >= 0.6 is 0 Å². The SMILES string of the molecule is Cc1ccc(CN(C(=O)CN(c2ccccc2C)S(C)(=O)=O)[C@@H](C)C(=O)NC2CCCCC2)cc1. The Kier molecular flexibility index (Phi) is 8.94. The quantitative estimate of drug-likeness (QED) is 0.566. The maximum Gasteiger partial charge on any atom is 0.244 e. The van der Waals surface area contributed by atoms with Crippen LogP contribution in [0.25, 0.3) is 0 Å². The Balaban J connectivity index is 1.87. The van der Waals surface area contributed by atoms with E-state index in [0.29, 0.717) is 5.69 Å². The van der Waals surface area contributed by atoms with Crippen molar-refractivity contribution in [2.24, 2.45) is 0 Å². The first kappa shape index (κ1) is 26.7. The Labute approximate surface area is 209 Å². The predicted molar refractivity (Wildman–Crippen MR) is 140 cm³/mol. The maximum absolute atomic E-state index is 13.6. The van der Waals surface area contributed by atoms with Crippen LogP contribution in [0.1, 0.15) is 55.7 Å². The Morgan fingerprint density at radius 3 is 2.23 bits per heavy atom. The van der Waals surface area contributed by atoms with Crippen LogP contribution in [0.4, 0.5) is 5.69 Å². The van der Waals surface area contributed by atoms with Gasteiger partial charge in [0.25, 0.3) is 0 Å². The molecule has 0 aliphatic heterocycles. The molecule has 1 N–H and O–H groups in total. The maximum atomic E-state index is 13.6. The van der Waals surface area contributed by atoms with Gasteiger partial charge in [0.2, 0.25) is 21.8 Å². The minimum atomic E-state index is -3.73. The van der Waals surface area contributed by atoms with Crippen LogP contribution in [0.2, 0.25) is 0 Å². The molecule has 2 amide bonds. The highest BCUT2D eigenvalue weighted by atomic mass is 32.2. The van der Waals surface area contributed by atoms with Crippen LogP contribution in [0.5, 0.6) is 0 Å². The molecule has 0 unspecified atom stereocenters. The van der Waals surface area contributed by atoms with Gasteiger partial charge in [-0.25, -0.2) is 8.42 Å². The molecule has 3 rings (SSSR count). The van der Waals surface area contributed by atoms with Crippen LogP contribution in [-0.4, -0.2) is 50.0 Å². The second-order valence-corrected chi connectivity index (χ2v) is 11.5. The van der Waals surface area contributed by atoms with Crippen molar-refractivity contribution in [1.82, 2.24) is 10.2 Å². The van der Waals surface area contributed by atoms with Gasteiger partial charge in [0.05, 0.1) is 11.9 Å². The normalized spacial score (nSPS) is 15.3. The van der Waals surface area contributed by atoms with Crippen LogP contribution < -0.4 is 9.62 Å². The van der Waals surface area contributed by atoms with Gasteiger partial charge in [-0.05, 0) is 50.8 Å². The number of carbonyl (C=O) groups is 2. The van der Waals surface area contributed by atoms with Gasteiger partial charge in [0.15, 0.2) is 0 Å². The fourth-order valence-corrected chi connectivity index (χ4v) is 5.39. The number of anilines is 1. The summed E-state index contributed by atoms with van der Waals surface area (Å²) in [7, 11) is -3.73. The van der Waals surface area contributed by atoms with E-state index in [1.165, 1.54) is 11.3 Å². The lowest BCUT2D eigenvalue weighted by atomic mass is 9.95. The van der Waals surface area contributed by atoms with Crippen molar-refractivity contribution < 1.29 is 18.0 Å². The fraction of sp³-hybridized carbons (Fsp3) is 0.481. The summed E-state index contributed by atoms with van der Waals surface area (Å²) in [4.78, 5) is 28.3. The third kappa shape index (κ3) is 7.31. The average Bonchev–Trinajstić information content (AvgIpc) is 2.82. The van der Waals surface area contributed by atoms with Crippen molar-refractivity contribution in [3.63, 3.8) is 0 Å². The molecule has 1 aliphatic rings. The number of nitrogens with zero attached hydrogens (tertiary/aromatic N) is 2. The first-order chi connectivity index (χ1) is 16.6. The van der Waals surface area contributed by atoms with E-state index >= 15 is 0 Å². The number of rotatable bonds is 9. The summed E-state index contributed by atoms with van der Waals surface area (Å²) in [6, 6.07) is 14.2. The largest absolute Gasteiger partial charge is 0.352 e. The monoisotopic (exact) mass is 499 g/mol. The van der Waals surface area contributed by atoms with Crippen molar-refractivity contribution in [2.45, 2.75) is 71.5 Å². The lowest BCUT2D eigenvalue weighted by molar-refractivity contribution is -0.139. The molecule has 0 saturated heterocycles. The standard InChI is InChI=1S/C27H37N3O4S/c1-20-14-16-23(17-15-20)18-29(22(3)27(32)28-24-11-6-5-7-12-24)26(31)19-30(35(4,33)34)25-13-9-8-10-21(25)2/h8-10,13-17,22,24H,5-7,11-12,18-19H2,1-4H3,(H,28,32)/t22-/m0/s1. The molecular weight excluding hydrogens is 462 g/mol. The number of sulfonamides is 1. The Morgan fingerprint density at radius 2 is 1.63 bits per heavy atom. The second-order valence-electron chi connectivity index (χ2n) is 9.58. The number of para-hydroxylation sites is 1. The Morgan fingerprint density at radius 1 is 1.00 bits per heavy atom. The second kappa shape index (κ2) is 11.7. The highest BCUT2D eigenvalue weighted by molar-refractivity contribution is 7.92. The first-order valence-electron chi connectivity index (χ1n) is 12.2. The van der Waals surface area contributed by atoms with Gasteiger partial charge >= 0.3 is 0 Å². The molecule has 1 atom stereocenters. The van der Waals surface area contributed by atoms with Crippen molar-refractivity contribution >= 4 is 27.5 Å². The molecule has 8 heteroatoms. The van der Waals surface area contributed by atoms with Crippen LogP contribution in [0.3, 0.4) is 0 Å². The van der Waals surface area contributed by atoms with Gasteiger partial charge in [-0.2, -0.15) is 0 Å². The number of carbonyl (C=O) groups excluding carboxylic acids is 2.